The molecule has 0 amide bonds. The molecule has 1 aromatic heterocycles. The fourth-order valence-electron chi connectivity index (χ4n) is 2.20. The third-order valence-electron chi connectivity index (χ3n) is 3.46. The van der Waals surface area contributed by atoms with E-state index in [2.05, 4.69) is 18.7 Å². The lowest BCUT2D eigenvalue weighted by Crippen LogP contribution is -2.55. The van der Waals surface area contributed by atoms with Crippen molar-refractivity contribution in [1.29, 1.82) is 0 Å². The minimum absolute atomic E-state index is 0.148. The Morgan fingerprint density at radius 2 is 2.40 bits per heavy atom. The zero-order valence-electron chi connectivity index (χ0n) is 9.44. The summed E-state index contributed by atoms with van der Waals surface area (Å²) >= 11 is 0. The molecule has 15 heavy (non-hydrogen) atoms. The van der Waals surface area contributed by atoms with Gasteiger partial charge in [-0.05, 0) is 45.4 Å². The van der Waals surface area contributed by atoms with Gasteiger partial charge < -0.3 is 9.52 Å². The second-order valence-corrected chi connectivity index (χ2v) is 4.81. The summed E-state index contributed by atoms with van der Waals surface area (Å²) in [4.78, 5) is 2.29. The maximum Gasteiger partial charge on any atom is 0.117 e. The minimum Gasteiger partial charge on any atom is -0.468 e. The molecule has 1 atom stereocenters. The highest BCUT2D eigenvalue weighted by atomic mass is 16.3. The van der Waals surface area contributed by atoms with E-state index in [9.17, 15) is 5.11 Å². The third kappa shape index (κ3) is 2.08. The summed E-state index contributed by atoms with van der Waals surface area (Å²) in [5, 5.41) is 9.96. The summed E-state index contributed by atoms with van der Waals surface area (Å²) in [5.74, 6) is 0.970. The van der Waals surface area contributed by atoms with Crippen LogP contribution in [0.5, 0.6) is 0 Å². The van der Waals surface area contributed by atoms with Crippen molar-refractivity contribution < 1.29 is 9.52 Å². The lowest BCUT2D eigenvalue weighted by molar-refractivity contribution is -0.0506. The van der Waals surface area contributed by atoms with Gasteiger partial charge >= 0.3 is 0 Å². The van der Waals surface area contributed by atoms with E-state index >= 15 is 0 Å². The van der Waals surface area contributed by atoms with Crippen LogP contribution in [0.15, 0.2) is 22.8 Å². The number of hydrogen-bond acceptors (Lipinski definition) is 3. The molecule has 3 nitrogen and oxygen atoms in total. The summed E-state index contributed by atoms with van der Waals surface area (Å²) in [7, 11) is 0. The van der Waals surface area contributed by atoms with Gasteiger partial charge in [-0.3, -0.25) is 4.90 Å². The Morgan fingerprint density at radius 3 is 3.07 bits per heavy atom. The van der Waals surface area contributed by atoms with Gasteiger partial charge in [0.2, 0.25) is 0 Å². The largest absolute Gasteiger partial charge is 0.468 e. The van der Waals surface area contributed by atoms with Crippen molar-refractivity contribution in [1.82, 2.24) is 4.90 Å². The fraction of sp³-hybridized carbons (Fsp3) is 0.667. The van der Waals surface area contributed by atoms with Gasteiger partial charge in [0.1, 0.15) is 5.76 Å². The number of hydrogen-bond donors (Lipinski definition) is 1. The first-order valence-corrected chi connectivity index (χ1v) is 5.56. The number of likely N-dealkylation sites (tertiary alicyclic amines) is 1. The van der Waals surface area contributed by atoms with Gasteiger partial charge in [0.15, 0.2) is 0 Å². The molecule has 1 aromatic rings. The second-order valence-electron chi connectivity index (χ2n) is 4.81. The smallest absolute Gasteiger partial charge is 0.117 e. The number of nitrogens with zero attached hydrogens (tertiary/aromatic N) is 1. The van der Waals surface area contributed by atoms with Gasteiger partial charge in [-0.1, -0.05) is 0 Å². The summed E-state index contributed by atoms with van der Waals surface area (Å²) in [6.45, 7) is 6.02. The molecular weight excluding hydrogens is 190 g/mol. The zero-order chi connectivity index (χ0) is 10.9. The van der Waals surface area contributed by atoms with Crippen LogP contribution in [0, 0.1) is 0 Å². The predicted molar refractivity (Wildman–Crippen MR) is 58.4 cm³/mol. The van der Waals surface area contributed by atoms with Crippen LogP contribution in [-0.4, -0.2) is 28.2 Å². The lowest BCUT2D eigenvalue weighted by Gasteiger charge is -2.45. The summed E-state index contributed by atoms with van der Waals surface area (Å²) in [6.07, 6.45) is 3.43. The second kappa shape index (κ2) is 3.99. The highest BCUT2D eigenvalue weighted by Gasteiger charge is 2.37. The standard InChI is InChI=1S/C12H19NO2/c1-12(2)11(14)6-3-7-13(12)9-10-5-4-8-15-10/h4-5,8,11,14H,3,6-7,9H2,1-2H3. The average molecular weight is 209 g/mol. The molecule has 2 rings (SSSR count). The molecule has 1 unspecified atom stereocenters. The van der Waals surface area contributed by atoms with Crippen molar-refractivity contribution in [3.05, 3.63) is 24.2 Å². The Hall–Kier alpha value is -0.800. The number of aliphatic hydroxyl groups excluding tert-OH is 1. The van der Waals surface area contributed by atoms with E-state index in [0.29, 0.717) is 0 Å². The highest BCUT2D eigenvalue weighted by molar-refractivity contribution is 5.01. The molecule has 1 saturated heterocycles. The Morgan fingerprint density at radius 1 is 1.60 bits per heavy atom. The van der Waals surface area contributed by atoms with E-state index in [1.807, 2.05) is 12.1 Å². The van der Waals surface area contributed by atoms with Gasteiger partial charge in [0, 0.05) is 5.54 Å². The SMILES string of the molecule is CC1(C)C(O)CCCN1Cc1ccco1. The summed E-state index contributed by atoms with van der Waals surface area (Å²) in [5.41, 5.74) is -0.148. The van der Waals surface area contributed by atoms with Crippen LogP contribution < -0.4 is 0 Å². The van der Waals surface area contributed by atoms with Crippen LogP contribution in [0.2, 0.25) is 0 Å². The van der Waals surface area contributed by atoms with E-state index in [4.69, 9.17) is 4.42 Å². The Labute approximate surface area is 90.7 Å². The van der Waals surface area contributed by atoms with Crippen molar-refractivity contribution in [3.63, 3.8) is 0 Å². The molecule has 0 radical (unpaired) electrons. The average Bonchev–Trinajstić information content (AvgIpc) is 2.66. The Balaban J connectivity index is 2.07. The molecule has 1 fully saturated rings. The van der Waals surface area contributed by atoms with Crippen LogP contribution in [-0.2, 0) is 6.54 Å². The van der Waals surface area contributed by atoms with Crippen molar-refractivity contribution >= 4 is 0 Å². The monoisotopic (exact) mass is 209 g/mol. The van der Waals surface area contributed by atoms with Crippen LogP contribution >= 0.6 is 0 Å². The number of aliphatic hydroxyl groups is 1. The van der Waals surface area contributed by atoms with E-state index in [1.165, 1.54) is 0 Å². The molecule has 0 bridgehead atoms. The van der Waals surface area contributed by atoms with Gasteiger partial charge in [-0.25, -0.2) is 0 Å². The lowest BCUT2D eigenvalue weighted by atomic mass is 9.87. The van der Waals surface area contributed by atoms with Crippen LogP contribution in [0.25, 0.3) is 0 Å². The molecule has 1 aliphatic heterocycles. The molecule has 1 N–H and O–H groups in total. The molecule has 2 heterocycles. The highest BCUT2D eigenvalue weighted by Crippen LogP contribution is 2.29. The van der Waals surface area contributed by atoms with E-state index in [-0.39, 0.29) is 11.6 Å². The van der Waals surface area contributed by atoms with Crippen LogP contribution in [0.4, 0.5) is 0 Å². The molecule has 84 valence electrons. The van der Waals surface area contributed by atoms with Crippen molar-refractivity contribution in [2.24, 2.45) is 0 Å². The number of piperidine rings is 1. The molecule has 0 saturated carbocycles. The maximum atomic E-state index is 9.96. The first-order valence-electron chi connectivity index (χ1n) is 5.56. The van der Waals surface area contributed by atoms with Gasteiger partial charge in [-0.2, -0.15) is 0 Å². The summed E-state index contributed by atoms with van der Waals surface area (Å²) in [6, 6.07) is 3.89. The van der Waals surface area contributed by atoms with Gasteiger partial charge in [0.05, 0.1) is 18.9 Å². The Bertz CT molecular complexity index is 305. The first kappa shape index (κ1) is 10.7. The maximum absolute atomic E-state index is 9.96. The van der Waals surface area contributed by atoms with E-state index < -0.39 is 0 Å². The normalized spacial score (nSPS) is 26.7. The van der Waals surface area contributed by atoms with Crippen molar-refractivity contribution in [2.45, 2.75) is 44.9 Å². The van der Waals surface area contributed by atoms with Gasteiger partial charge in [-0.15, -0.1) is 0 Å². The van der Waals surface area contributed by atoms with Gasteiger partial charge in [0.25, 0.3) is 0 Å². The van der Waals surface area contributed by atoms with Crippen molar-refractivity contribution in [2.75, 3.05) is 6.54 Å². The molecule has 3 heteroatoms. The number of rotatable bonds is 2. The number of furan rings is 1. The van der Waals surface area contributed by atoms with Crippen molar-refractivity contribution in [3.8, 4) is 0 Å². The fourth-order valence-corrected chi connectivity index (χ4v) is 2.20. The van der Waals surface area contributed by atoms with E-state index in [0.717, 1.165) is 31.7 Å². The third-order valence-corrected chi connectivity index (χ3v) is 3.46. The molecule has 0 aliphatic carbocycles. The molecule has 0 spiro atoms. The van der Waals surface area contributed by atoms with E-state index in [1.54, 1.807) is 6.26 Å². The first-order chi connectivity index (χ1) is 7.10. The quantitative estimate of drug-likeness (QED) is 0.809. The van der Waals surface area contributed by atoms with Crippen LogP contribution in [0.1, 0.15) is 32.4 Å². The predicted octanol–water partition coefficient (Wildman–Crippen LogP) is 2.01. The molecule has 1 aliphatic rings. The van der Waals surface area contributed by atoms with Crippen LogP contribution in [0.3, 0.4) is 0 Å². The summed E-state index contributed by atoms with van der Waals surface area (Å²) < 4.78 is 5.34. The zero-order valence-corrected chi connectivity index (χ0v) is 9.44. The molecule has 0 aromatic carbocycles. The Kier molecular flexibility index (Phi) is 2.85. The molecular formula is C12H19NO2. The minimum atomic E-state index is -0.235. The topological polar surface area (TPSA) is 36.6 Å².